The van der Waals surface area contributed by atoms with Crippen molar-refractivity contribution in [2.24, 2.45) is 0 Å². The maximum absolute atomic E-state index is 16.2. The molecule has 2 aromatic heterocycles. The molecule has 5 aromatic rings. The van der Waals surface area contributed by atoms with E-state index in [9.17, 15) is 0 Å². The van der Waals surface area contributed by atoms with Gasteiger partial charge in [-0.15, -0.1) is 22.7 Å². The Morgan fingerprint density at radius 1 is 0.647 bits per heavy atom. The lowest BCUT2D eigenvalue weighted by atomic mass is 9.92. The minimum atomic E-state index is -0.0898. The molecule has 0 N–H and O–H groups in total. The number of fused-ring (bicyclic) bond motifs is 2. The van der Waals surface area contributed by atoms with Crippen LogP contribution in [0, 0.1) is 23.2 Å². The van der Waals surface area contributed by atoms with E-state index in [1.807, 2.05) is 13.8 Å². The number of hydrogen-bond donors (Lipinski definition) is 0. The molecule has 0 saturated carbocycles. The van der Waals surface area contributed by atoms with E-state index in [1.54, 1.807) is 22.7 Å². The van der Waals surface area contributed by atoms with Crippen LogP contribution in [-0.4, -0.2) is 0 Å². The number of rotatable bonds is 2. The Labute approximate surface area is 221 Å². The van der Waals surface area contributed by atoms with Crippen molar-refractivity contribution in [3.8, 4) is 22.3 Å². The largest absolute Gasteiger partial charge is 0.205 e. The first-order valence-corrected chi connectivity index (χ1v) is 14.0. The van der Waals surface area contributed by atoms with Crippen LogP contribution in [0.25, 0.3) is 53.6 Å². The number of aryl methyl sites for hydroxylation is 2. The molecule has 0 spiro atoms. The van der Waals surface area contributed by atoms with E-state index < -0.39 is 0 Å². The third-order valence-electron chi connectivity index (χ3n) is 6.24. The van der Waals surface area contributed by atoms with Crippen molar-refractivity contribution in [3.05, 3.63) is 78.1 Å². The second kappa shape index (κ2) is 8.89. The summed E-state index contributed by atoms with van der Waals surface area (Å²) in [5.41, 5.74) is 9.14. The number of hydrogen-bond acceptors (Lipinski definition) is 2. The van der Waals surface area contributed by atoms with Crippen molar-refractivity contribution in [1.82, 2.24) is 0 Å². The lowest BCUT2D eigenvalue weighted by Crippen LogP contribution is -2.00. The summed E-state index contributed by atoms with van der Waals surface area (Å²) < 4.78 is 21.8. The Morgan fingerprint density at radius 2 is 1.06 bits per heavy atom. The van der Waals surface area contributed by atoms with Gasteiger partial charge in [0.05, 0.1) is 4.53 Å². The van der Waals surface area contributed by atoms with E-state index in [4.69, 9.17) is 0 Å². The highest BCUT2D eigenvalue weighted by atomic mass is 127. The average Bonchev–Trinajstić information content (AvgIpc) is 3.32. The standard InChI is InChI=1S/C30H26FIS2/c1-15(2)27-25(31)23-21(19-11-7-17(5)8-12-19)30-24(26(32)28(34-30)16(3)4)22(29(23)33-27)20-13-9-18(6)10-14-20/h7-14H,1-6H3. The van der Waals surface area contributed by atoms with Crippen molar-refractivity contribution in [2.75, 3.05) is 0 Å². The molecule has 4 heteroatoms. The quantitative estimate of drug-likeness (QED) is 0.178. The summed E-state index contributed by atoms with van der Waals surface area (Å²) in [5.74, 6) is -0.0898. The normalized spacial score (nSPS) is 11.5. The lowest BCUT2D eigenvalue weighted by molar-refractivity contribution is 0.636. The fourth-order valence-corrected chi connectivity index (χ4v) is 8.52. The lowest BCUT2D eigenvalue weighted by Gasteiger charge is -2.13. The van der Waals surface area contributed by atoms with Crippen LogP contribution in [0.15, 0.2) is 48.5 Å². The second-order valence-corrected chi connectivity index (χ2v) is 12.5. The molecular weight excluding hydrogens is 570 g/mol. The van der Waals surface area contributed by atoms with Gasteiger partial charge < -0.3 is 0 Å². The molecule has 0 atom stereocenters. The molecule has 172 valence electrons. The third kappa shape index (κ3) is 3.75. The Kier molecular flexibility index (Phi) is 6.20. The van der Waals surface area contributed by atoms with Crippen molar-refractivity contribution >= 4 is 76.6 Å². The van der Waals surface area contributed by atoms with Gasteiger partial charge in [-0.2, -0.15) is 0 Å². The van der Waals surface area contributed by atoms with Crippen LogP contribution < -0.4 is 9.06 Å². The first-order valence-electron chi connectivity index (χ1n) is 11.3. The van der Waals surface area contributed by atoms with Crippen LogP contribution in [0.2, 0.25) is 0 Å². The van der Waals surface area contributed by atoms with Crippen molar-refractivity contribution in [3.63, 3.8) is 0 Å². The number of benzene rings is 3. The summed E-state index contributed by atoms with van der Waals surface area (Å²) in [6.45, 7) is 12.5. The Hall–Kier alpha value is -2.02. The fourth-order valence-electron chi connectivity index (χ4n) is 4.48. The predicted molar refractivity (Wildman–Crippen MR) is 159 cm³/mol. The fraction of sp³-hybridized carbons (Fsp3) is 0.200. The first kappa shape index (κ1) is 23.7. The molecule has 0 fully saturated rings. The van der Waals surface area contributed by atoms with E-state index >= 15 is 4.39 Å². The van der Waals surface area contributed by atoms with Crippen molar-refractivity contribution in [2.45, 2.75) is 41.5 Å². The highest BCUT2D eigenvalue weighted by Gasteiger charge is 2.25. The molecule has 0 bridgehead atoms. The third-order valence-corrected chi connectivity index (χ3v) is 10.5. The predicted octanol–water partition coefficient (Wildman–Crippen LogP) is 9.19. The molecule has 0 unspecified atom stereocenters. The molecule has 0 amide bonds. The van der Waals surface area contributed by atoms with E-state index in [0.29, 0.717) is 0 Å². The van der Waals surface area contributed by atoms with Gasteiger partial charge in [-0.3, -0.25) is 0 Å². The molecule has 5 rings (SSSR count). The molecular formula is C30H26FIS2. The van der Waals surface area contributed by atoms with Crippen LogP contribution in [0.3, 0.4) is 0 Å². The van der Waals surface area contributed by atoms with Gasteiger partial charge in [0.2, 0.25) is 0 Å². The van der Waals surface area contributed by atoms with Crippen LogP contribution in [0.5, 0.6) is 0 Å². The molecule has 34 heavy (non-hydrogen) atoms. The van der Waals surface area contributed by atoms with Crippen LogP contribution >= 0.6 is 45.3 Å². The van der Waals surface area contributed by atoms with E-state index in [1.165, 1.54) is 34.9 Å². The maximum Gasteiger partial charge on any atom is 0.149 e. The summed E-state index contributed by atoms with van der Waals surface area (Å²) in [7, 11) is 0. The monoisotopic (exact) mass is 596 g/mol. The van der Waals surface area contributed by atoms with Crippen molar-refractivity contribution < 1.29 is 4.39 Å². The molecule has 0 nitrogen and oxygen atoms in total. The summed E-state index contributed by atoms with van der Waals surface area (Å²) in [5, 5.41) is 2.00. The molecule has 0 aliphatic rings. The summed E-state index contributed by atoms with van der Waals surface area (Å²) in [6, 6.07) is 17.2. The van der Waals surface area contributed by atoms with Gasteiger partial charge in [0.1, 0.15) is 5.82 Å². The van der Waals surface area contributed by atoms with Crippen LogP contribution in [-0.2, 0) is 0 Å². The summed E-state index contributed by atoms with van der Waals surface area (Å²) in [6.07, 6.45) is 0. The highest BCUT2D eigenvalue weighted by Crippen LogP contribution is 2.48. The van der Waals surface area contributed by atoms with Gasteiger partial charge in [0.15, 0.2) is 0 Å². The van der Waals surface area contributed by atoms with Crippen molar-refractivity contribution in [1.29, 1.82) is 0 Å². The van der Waals surface area contributed by atoms with Gasteiger partial charge >= 0.3 is 0 Å². The minimum Gasteiger partial charge on any atom is -0.205 e. The maximum atomic E-state index is 16.2. The molecule has 0 radical (unpaired) electrons. The van der Waals surface area contributed by atoms with Gasteiger partial charge in [-0.25, -0.2) is 4.39 Å². The summed E-state index contributed by atoms with van der Waals surface area (Å²) in [4.78, 5) is 0. The molecule has 0 aliphatic carbocycles. The average molecular weight is 597 g/mol. The van der Waals surface area contributed by atoms with Gasteiger partial charge in [0, 0.05) is 39.4 Å². The summed E-state index contributed by atoms with van der Waals surface area (Å²) >= 11 is 5.90. The SMILES string of the molecule is CC(C)=c1sc2c(-c3ccc(C)cc3)c3c(I)c(=C(C)C)sc3c(-c3ccc(C)cc3)c2c1F. The second-order valence-electron chi connectivity index (χ2n) is 9.38. The molecule has 0 saturated heterocycles. The number of halogens is 2. The molecule has 2 heterocycles. The van der Waals surface area contributed by atoms with E-state index in [-0.39, 0.29) is 5.82 Å². The Bertz CT molecular complexity index is 1560. The minimum absolute atomic E-state index is 0.0898. The topological polar surface area (TPSA) is 0 Å². The van der Waals surface area contributed by atoms with Gasteiger partial charge in [-0.1, -0.05) is 70.8 Å². The number of thiophene rings is 2. The zero-order valence-corrected chi connectivity index (χ0v) is 24.0. The first-order chi connectivity index (χ1) is 16.2. The smallest absolute Gasteiger partial charge is 0.149 e. The zero-order chi connectivity index (χ0) is 24.3. The van der Waals surface area contributed by atoms with Gasteiger partial charge in [0.25, 0.3) is 0 Å². The van der Waals surface area contributed by atoms with Crippen LogP contribution in [0.4, 0.5) is 4.39 Å². The Balaban J connectivity index is 2.13. The van der Waals surface area contributed by atoms with Crippen LogP contribution in [0.1, 0.15) is 38.8 Å². The zero-order valence-electron chi connectivity index (χ0n) is 20.2. The molecule has 0 aliphatic heterocycles. The highest BCUT2D eigenvalue weighted by molar-refractivity contribution is 14.1. The Morgan fingerprint density at radius 3 is 1.53 bits per heavy atom. The van der Waals surface area contributed by atoms with E-state index in [0.717, 1.165) is 42.4 Å². The molecule has 3 aromatic carbocycles. The van der Waals surface area contributed by atoms with E-state index in [2.05, 4.69) is 98.8 Å². The van der Waals surface area contributed by atoms with Gasteiger partial charge in [-0.05, 0) is 75.3 Å².